The van der Waals surface area contributed by atoms with Crippen LogP contribution in [0.2, 0.25) is 0 Å². The number of rotatable bonds is 2. The molecule has 0 bridgehead atoms. The molecule has 0 rings (SSSR count). The van der Waals surface area contributed by atoms with Gasteiger partial charge in [0.15, 0.2) is 0 Å². The van der Waals surface area contributed by atoms with E-state index in [0.717, 1.165) is 0 Å². The molecule has 0 radical (unpaired) electrons. The van der Waals surface area contributed by atoms with E-state index in [4.69, 9.17) is 0 Å². The fraction of sp³-hybridized carbons (Fsp3) is 0.429. The average molecular weight is 216 g/mol. The van der Waals surface area contributed by atoms with Gasteiger partial charge in [0.2, 0.25) is 11.8 Å². The lowest BCUT2D eigenvalue weighted by atomic mass is 10.7. The summed E-state index contributed by atoms with van der Waals surface area (Å²) in [6.07, 6.45) is 0. The third-order valence-electron chi connectivity index (χ3n) is 1.08. The summed E-state index contributed by atoms with van der Waals surface area (Å²) >= 11 is 0. The lowest BCUT2D eigenvalue weighted by Crippen LogP contribution is -2.47. The van der Waals surface area contributed by atoms with Gasteiger partial charge in [-0.3, -0.25) is 20.2 Å². The Morgan fingerprint density at radius 3 is 1.40 bits per heavy atom. The zero-order valence-electron chi connectivity index (χ0n) is 8.34. The topological polar surface area (TPSA) is 116 Å². The maximum atomic E-state index is 10.8. The van der Waals surface area contributed by atoms with Crippen LogP contribution in [0.1, 0.15) is 13.8 Å². The summed E-state index contributed by atoms with van der Waals surface area (Å²) in [7, 11) is 0. The number of nitrogens with one attached hydrogen (secondary N) is 4. The molecule has 0 unspecified atom stereocenters. The van der Waals surface area contributed by atoms with Gasteiger partial charge in [-0.2, -0.15) is 0 Å². The molecule has 0 aromatic heterocycles. The number of hydrogen-bond donors (Lipinski definition) is 4. The van der Waals surface area contributed by atoms with E-state index < -0.39 is 23.9 Å². The van der Waals surface area contributed by atoms with Gasteiger partial charge in [-0.25, -0.2) is 9.59 Å². The Bertz CT molecular complexity index is 261. The molecule has 8 nitrogen and oxygen atoms in total. The highest BCUT2D eigenvalue weighted by Gasteiger charge is 2.04. The first kappa shape index (κ1) is 12.9. The van der Waals surface area contributed by atoms with E-state index in [0.29, 0.717) is 0 Å². The summed E-state index contributed by atoms with van der Waals surface area (Å²) in [5, 5.41) is 8.19. The largest absolute Gasteiger partial charge is 0.322 e. The Morgan fingerprint density at radius 1 is 0.800 bits per heavy atom. The van der Waals surface area contributed by atoms with E-state index in [9.17, 15) is 19.2 Å². The van der Waals surface area contributed by atoms with Crippen LogP contribution in [0, 0.1) is 0 Å². The van der Waals surface area contributed by atoms with Gasteiger partial charge < -0.3 is 10.6 Å². The maximum absolute atomic E-state index is 10.8. The number of hydrogen-bond acceptors (Lipinski definition) is 4. The number of carbonyl (C=O) groups is 4. The van der Waals surface area contributed by atoms with Crippen LogP contribution in [-0.4, -0.2) is 30.5 Å². The van der Waals surface area contributed by atoms with Gasteiger partial charge in [-0.15, -0.1) is 0 Å². The normalized spacial score (nSPS) is 8.67. The van der Waals surface area contributed by atoms with Crippen LogP contribution in [0.4, 0.5) is 9.59 Å². The predicted octanol–water partition coefficient (Wildman–Crippen LogP) is -1.36. The summed E-state index contributed by atoms with van der Waals surface area (Å²) in [6.45, 7) is 2.16. The van der Waals surface area contributed by atoms with Crippen molar-refractivity contribution in [1.82, 2.24) is 21.3 Å². The quantitative estimate of drug-likeness (QED) is 0.426. The maximum Gasteiger partial charge on any atom is 0.322 e. The van der Waals surface area contributed by atoms with Gasteiger partial charge in [-0.05, 0) is 0 Å². The van der Waals surface area contributed by atoms with Crippen LogP contribution in [0.15, 0.2) is 0 Å². The smallest absolute Gasteiger partial charge is 0.320 e. The third kappa shape index (κ3) is 8.22. The van der Waals surface area contributed by atoms with E-state index in [1.54, 1.807) is 0 Å². The summed E-state index contributed by atoms with van der Waals surface area (Å²) in [5.41, 5.74) is 0. The van der Waals surface area contributed by atoms with Crippen molar-refractivity contribution < 1.29 is 19.2 Å². The summed E-state index contributed by atoms with van der Waals surface area (Å²) < 4.78 is 0. The first-order valence-electron chi connectivity index (χ1n) is 4.02. The van der Waals surface area contributed by atoms with Crippen LogP contribution >= 0.6 is 0 Å². The summed E-state index contributed by atoms with van der Waals surface area (Å²) in [5.74, 6) is -1.03. The Hall–Kier alpha value is -2.12. The highest BCUT2D eigenvalue weighted by Crippen LogP contribution is 1.67. The standard InChI is InChI=1S/C7H12N4O4/c1-4(12)10-6(14)8-3-9-7(15)11-5(2)13/h3H2,1-2H3,(H2,8,10,12,14)(H2,9,11,13,15). The molecule has 84 valence electrons. The summed E-state index contributed by atoms with van der Waals surface area (Å²) in [6, 6.07) is -1.46. The van der Waals surface area contributed by atoms with E-state index in [-0.39, 0.29) is 6.67 Å². The van der Waals surface area contributed by atoms with Crippen molar-refractivity contribution in [3.63, 3.8) is 0 Å². The van der Waals surface area contributed by atoms with Gasteiger partial charge in [0.25, 0.3) is 0 Å². The Balaban J connectivity index is 3.61. The molecule has 0 aromatic carbocycles. The zero-order chi connectivity index (χ0) is 11.8. The van der Waals surface area contributed by atoms with Crippen LogP contribution in [0.5, 0.6) is 0 Å². The molecular weight excluding hydrogens is 204 g/mol. The van der Waals surface area contributed by atoms with Crippen LogP contribution in [0.25, 0.3) is 0 Å². The van der Waals surface area contributed by atoms with Crippen molar-refractivity contribution in [2.24, 2.45) is 0 Å². The molecule has 0 spiro atoms. The highest BCUT2D eigenvalue weighted by atomic mass is 16.2. The van der Waals surface area contributed by atoms with E-state index in [2.05, 4.69) is 10.6 Å². The lowest BCUT2D eigenvalue weighted by Gasteiger charge is -2.06. The van der Waals surface area contributed by atoms with Crippen molar-refractivity contribution in [2.45, 2.75) is 13.8 Å². The SMILES string of the molecule is CC(=O)NC(=O)NCNC(=O)NC(C)=O. The average Bonchev–Trinajstić information content (AvgIpc) is 2.00. The lowest BCUT2D eigenvalue weighted by molar-refractivity contribution is -0.118. The second-order valence-electron chi connectivity index (χ2n) is 2.55. The Morgan fingerprint density at radius 2 is 1.13 bits per heavy atom. The van der Waals surface area contributed by atoms with Crippen LogP contribution in [0.3, 0.4) is 0 Å². The van der Waals surface area contributed by atoms with Crippen molar-refractivity contribution in [1.29, 1.82) is 0 Å². The Kier molecular flexibility index (Phi) is 5.45. The van der Waals surface area contributed by atoms with Gasteiger partial charge in [0, 0.05) is 13.8 Å². The molecule has 0 saturated carbocycles. The highest BCUT2D eigenvalue weighted by molar-refractivity contribution is 5.94. The molecule has 4 N–H and O–H groups in total. The first-order chi connectivity index (χ1) is 6.91. The molecule has 0 fully saturated rings. The molecule has 0 saturated heterocycles. The molecule has 15 heavy (non-hydrogen) atoms. The predicted molar refractivity (Wildman–Crippen MR) is 49.6 cm³/mol. The number of carbonyl (C=O) groups excluding carboxylic acids is 4. The van der Waals surface area contributed by atoms with Crippen molar-refractivity contribution in [3.8, 4) is 0 Å². The molecule has 0 aliphatic carbocycles. The minimum absolute atomic E-state index is 0.196. The Labute approximate surface area is 85.8 Å². The van der Waals surface area contributed by atoms with Gasteiger partial charge in [0.1, 0.15) is 0 Å². The molecule has 0 aliphatic rings. The molecule has 0 aliphatic heterocycles. The van der Waals surface area contributed by atoms with E-state index in [1.807, 2.05) is 10.6 Å². The first-order valence-corrected chi connectivity index (χ1v) is 4.02. The van der Waals surface area contributed by atoms with Crippen molar-refractivity contribution in [3.05, 3.63) is 0 Å². The fourth-order valence-electron chi connectivity index (χ4n) is 0.613. The van der Waals surface area contributed by atoms with E-state index in [1.165, 1.54) is 13.8 Å². The van der Waals surface area contributed by atoms with Gasteiger partial charge in [-0.1, -0.05) is 0 Å². The monoisotopic (exact) mass is 216 g/mol. The van der Waals surface area contributed by atoms with Crippen molar-refractivity contribution >= 4 is 23.9 Å². The van der Waals surface area contributed by atoms with Crippen molar-refractivity contribution in [2.75, 3.05) is 6.67 Å². The molecule has 0 aromatic rings. The molecule has 8 heteroatoms. The number of imide groups is 2. The summed E-state index contributed by atoms with van der Waals surface area (Å²) in [4.78, 5) is 42.3. The molecule has 6 amide bonds. The molecule has 0 heterocycles. The second kappa shape index (κ2) is 6.35. The van der Waals surface area contributed by atoms with Crippen LogP contribution in [-0.2, 0) is 9.59 Å². The second-order valence-corrected chi connectivity index (χ2v) is 2.55. The van der Waals surface area contributed by atoms with E-state index >= 15 is 0 Å². The molecular formula is C7H12N4O4. The minimum atomic E-state index is -0.731. The van der Waals surface area contributed by atoms with Gasteiger partial charge in [0.05, 0.1) is 6.67 Å². The van der Waals surface area contributed by atoms with Crippen LogP contribution < -0.4 is 21.3 Å². The number of amides is 6. The van der Waals surface area contributed by atoms with Gasteiger partial charge >= 0.3 is 12.1 Å². The fourth-order valence-corrected chi connectivity index (χ4v) is 0.613. The zero-order valence-corrected chi connectivity index (χ0v) is 8.34. The number of urea groups is 2. The third-order valence-corrected chi connectivity index (χ3v) is 1.08. The molecule has 0 atom stereocenters. The minimum Gasteiger partial charge on any atom is -0.320 e.